The maximum Gasteiger partial charge on any atom is 0.252 e. The Balaban J connectivity index is 2.43. The molecule has 0 aromatic heterocycles. The van der Waals surface area contributed by atoms with Crippen LogP contribution in [0.4, 0.5) is 0 Å². The molecule has 0 aliphatic rings. The highest BCUT2D eigenvalue weighted by molar-refractivity contribution is 5.95. The van der Waals surface area contributed by atoms with Gasteiger partial charge in [0.2, 0.25) is 0 Å². The number of aryl methyl sites for hydroxylation is 1. The van der Waals surface area contributed by atoms with Crippen molar-refractivity contribution in [2.24, 2.45) is 5.73 Å². The smallest absolute Gasteiger partial charge is 0.252 e. The van der Waals surface area contributed by atoms with Crippen LogP contribution in [0.1, 0.15) is 21.5 Å². The Morgan fingerprint density at radius 1 is 1.21 bits per heavy atom. The lowest BCUT2D eigenvalue weighted by molar-refractivity contribution is 0.0998. The van der Waals surface area contributed by atoms with Crippen molar-refractivity contribution in [1.29, 1.82) is 5.26 Å². The fourth-order valence-electron chi connectivity index (χ4n) is 1.70. The Bertz CT molecular complexity index is 672. The van der Waals surface area contributed by atoms with E-state index in [1.807, 2.05) is 13.0 Å². The summed E-state index contributed by atoms with van der Waals surface area (Å²) in [6, 6.07) is 14.0. The van der Waals surface area contributed by atoms with Gasteiger partial charge in [-0.1, -0.05) is 18.2 Å². The average molecular weight is 252 g/mol. The number of rotatable bonds is 3. The number of benzene rings is 2. The van der Waals surface area contributed by atoms with Gasteiger partial charge in [-0.3, -0.25) is 4.79 Å². The van der Waals surface area contributed by atoms with Crippen LogP contribution in [-0.2, 0) is 0 Å². The minimum Gasteiger partial charge on any atom is -0.455 e. The van der Waals surface area contributed by atoms with Crippen LogP contribution in [0.5, 0.6) is 11.5 Å². The number of ether oxygens (including phenoxy) is 1. The summed E-state index contributed by atoms with van der Waals surface area (Å²) in [7, 11) is 0. The first kappa shape index (κ1) is 12.7. The first-order chi connectivity index (χ1) is 9.11. The number of nitrogens with two attached hydrogens (primary N) is 1. The number of nitrogens with zero attached hydrogens (tertiary/aromatic N) is 1. The molecule has 0 saturated carbocycles. The predicted octanol–water partition coefficient (Wildman–Crippen LogP) is 2.76. The largest absolute Gasteiger partial charge is 0.455 e. The molecule has 0 radical (unpaired) electrons. The first-order valence-corrected chi connectivity index (χ1v) is 5.69. The third-order valence-corrected chi connectivity index (χ3v) is 2.63. The Morgan fingerprint density at radius 2 is 1.95 bits per heavy atom. The first-order valence-electron chi connectivity index (χ1n) is 5.69. The summed E-state index contributed by atoms with van der Waals surface area (Å²) >= 11 is 0. The van der Waals surface area contributed by atoms with Gasteiger partial charge in [-0.2, -0.15) is 5.26 Å². The number of carbonyl (C=O) groups excluding carboxylic acids is 1. The van der Waals surface area contributed by atoms with Crippen LogP contribution in [0.3, 0.4) is 0 Å². The second kappa shape index (κ2) is 5.23. The van der Waals surface area contributed by atoms with Crippen molar-refractivity contribution in [3.05, 3.63) is 59.2 Å². The zero-order chi connectivity index (χ0) is 13.8. The average Bonchev–Trinajstić information content (AvgIpc) is 2.41. The number of primary amides is 1. The molecule has 1 amide bonds. The van der Waals surface area contributed by atoms with Crippen molar-refractivity contribution in [2.75, 3.05) is 0 Å². The topological polar surface area (TPSA) is 76.1 Å². The van der Waals surface area contributed by atoms with Gasteiger partial charge in [0.05, 0.1) is 11.1 Å². The number of para-hydroxylation sites is 1. The summed E-state index contributed by atoms with van der Waals surface area (Å²) in [5.74, 6) is 0.179. The fraction of sp³-hybridized carbons (Fsp3) is 0.0667. The van der Waals surface area contributed by atoms with Gasteiger partial charge in [0.1, 0.15) is 17.6 Å². The molecule has 0 atom stereocenters. The highest BCUT2D eigenvalue weighted by atomic mass is 16.5. The van der Waals surface area contributed by atoms with E-state index in [0.29, 0.717) is 17.1 Å². The van der Waals surface area contributed by atoms with E-state index in [0.717, 1.165) is 5.56 Å². The number of hydrogen-bond donors (Lipinski definition) is 1. The van der Waals surface area contributed by atoms with E-state index in [2.05, 4.69) is 6.07 Å². The summed E-state index contributed by atoms with van der Waals surface area (Å²) in [6.07, 6.45) is 0. The summed E-state index contributed by atoms with van der Waals surface area (Å²) in [6.45, 7) is 1.89. The minimum atomic E-state index is -0.568. The Morgan fingerprint density at radius 3 is 2.63 bits per heavy atom. The zero-order valence-electron chi connectivity index (χ0n) is 10.4. The summed E-state index contributed by atoms with van der Waals surface area (Å²) < 4.78 is 5.62. The van der Waals surface area contributed by atoms with Crippen LogP contribution in [-0.4, -0.2) is 5.91 Å². The molecule has 2 aromatic rings. The van der Waals surface area contributed by atoms with Gasteiger partial charge in [0.15, 0.2) is 0 Å². The van der Waals surface area contributed by atoms with Gasteiger partial charge >= 0.3 is 0 Å². The second-order valence-electron chi connectivity index (χ2n) is 4.07. The lowest BCUT2D eigenvalue weighted by Crippen LogP contribution is -2.12. The Labute approximate surface area is 111 Å². The molecule has 2 rings (SSSR count). The summed E-state index contributed by atoms with van der Waals surface area (Å²) in [5, 5.41) is 9.08. The molecule has 0 aliphatic carbocycles. The van der Waals surface area contributed by atoms with E-state index < -0.39 is 5.91 Å². The van der Waals surface area contributed by atoms with Gasteiger partial charge in [0, 0.05) is 0 Å². The molecule has 94 valence electrons. The van der Waals surface area contributed by atoms with Crippen molar-refractivity contribution in [1.82, 2.24) is 0 Å². The highest BCUT2D eigenvalue weighted by Crippen LogP contribution is 2.28. The monoisotopic (exact) mass is 252 g/mol. The molecular weight excluding hydrogens is 240 g/mol. The highest BCUT2D eigenvalue weighted by Gasteiger charge is 2.11. The maximum absolute atomic E-state index is 11.3. The second-order valence-corrected chi connectivity index (χ2v) is 4.07. The number of amides is 1. The van der Waals surface area contributed by atoms with Crippen molar-refractivity contribution >= 4 is 5.91 Å². The molecule has 2 aromatic carbocycles. The van der Waals surface area contributed by atoms with E-state index in [1.54, 1.807) is 36.4 Å². The SMILES string of the molecule is Cc1ccc(Oc2ccccc2C(N)=O)c(C#N)c1. The van der Waals surface area contributed by atoms with Crippen LogP contribution >= 0.6 is 0 Å². The molecular formula is C15H12N2O2. The summed E-state index contributed by atoms with van der Waals surface area (Å²) in [4.78, 5) is 11.3. The summed E-state index contributed by atoms with van der Waals surface area (Å²) in [5.41, 5.74) is 6.94. The zero-order valence-corrected chi connectivity index (χ0v) is 10.4. The fourth-order valence-corrected chi connectivity index (χ4v) is 1.70. The molecule has 0 fully saturated rings. The Hall–Kier alpha value is -2.80. The van der Waals surface area contributed by atoms with Crippen LogP contribution in [0.25, 0.3) is 0 Å². The molecule has 0 aliphatic heterocycles. The van der Waals surface area contributed by atoms with Crippen molar-refractivity contribution in [2.45, 2.75) is 6.92 Å². The minimum absolute atomic E-state index is 0.284. The van der Waals surface area contributed by atoms with Gasteiger partial charge in [-0.15, -0.1) is 0 Å². The van der Waals surface area contributed by atoms with E-state index >= 15 is 0 Å². The number of carbonyl (C=O) groups is 1. The Kier molecular flexibility index (Phi) is 3.48. The van der Waals surface area contributed by atoms with E-state index in [4.69, 9.17) is 15.7 Å². The third-order valence-electron chi connectivity index (χ3n) is 2.63. The van der Waals surface area contributed by atoms with Gasteiger partial charge in [0.25, 0.3) is 5.91 Å². The molecule has 0 heterocycles. The maximum atomic E-state index is 11.3. The molecule has 4 heteroatoms. The van der Waals surface area contributed by atoms with Crippen LogP contribution in [0, 0.1) is 18.3 Å². The van der Waals surface area contributed by atoms with E-state index in [1.165, 1.54) is 0 Å². The predicted molar refractivity (Wildman–Crippen MR) is 70.9 cm³/mol. The van der Waals surface area contributed by atoms with Crippen LogP contribution < -0.4 is 10.5 Å². The number of hydrogen-bond acceptors (Lipinski definition) is 3. The molecule has 19 heavy (non-hydrogen) atoms. The lowest BCUT2D eigenvalue weighted by atomic mass is 10.1. The molecule has 0 unspecified atom stereocenters. The van der Waals surface area contributed by atoms with Gasteiger partial charge in [-0.25, -0.2) is 0 Å². The lowest BCUT2D eigenvalue weighted by Gasteiger charge is -2.10. The standard InChI is InChI=1S/C15H12N2O2/c1-10-6-7-13(11(8-10)9-16)19-14-5-3-2-4-12(14)15(17)18/h2-8H,1H3,(H2,17,18). The quantitative estimate of drug-likeness (QED) is 0.912. The van der Waals surface area contributed by atoms with E-state index in [9.17, 15) is 4.79 Å². The van der Waals surface area contributed by atoms with E-state index in [-0.39, 0.29) is 5.56 Å². The molecule has 0 spiro atoms. The van der Waals surface area contributed by atoms with Gasteiger partial charge < -0.3 is 10.5 Å². The normalized spacial score (nSPS) is 9.68. The molecule has 0 bridgehead atoms. The number of nitriles is 1. The third kappa shape index (κ3) is 2.72. The van der Waals surface area contributed by atoms with Crippen LogP contribution in [0.15, 0.2) is 42.5 Å². The van der Waals surface area contributed by atoms with Gasteiger partial charge in [-0.05, 0) is 36.8 Å². The molecule has 0 saturated heterocycles. The van der Waals surface area contributed by atoms with Crippen molar-refractivity contribution in [3.63, 3.8) is 0 Å². The molecule has 4 nitrogen and oxygen atoms in total. The van der Waals surface area contributed by atoms with Crippen LogP contribution in [0.2, 0.25) is 0 Å². The van der Waals surface area contributed by atoms with Crippen molar-refractivity contribution in [3.8, 4) is 17.6 Å². The van der Waals surface area contributed by atoms with Crippen molar-refractivity contribution < 1.29 is 9.53 Å². The molecule has 2 N–H and O–H groups in total.